The molecule has 0 spiro atoms. The van der Waals surface area contributed by atoms with Crippen LogP contribution in [0.25, 0.3) is 16.3 Å². The first-order valence-corrected chi connectivity index (χ1v) is 10.3. The molecule has 142 valence electrons. The minimum Gasteiger partial charge on any atom is -0.486 e. The summed E-state index contributed by atoms with van der Waals surface area (Å²) in [5.74, 6) is 1.51. The number of para-hydroxylation sites is 1. The number of carbonyl (C=O) groups is 1. The van der Waals surface area contributed by atoms with E-state index in [1.165, 1.54) is 4.70 Å². The van der Waals surface area contributed by atoms with Crippen LogP contribution in [0, 0.1) is 0 Å². The molecule has 2 aliphatic rings. The smallest absolute Gasteiger partial charge is 0.247 e. The molecule has 0 N–H and O–H groups in total. The summed E-state index contributed by atoms with van der Waals surface area (Å²) in [7, 11) is 0. The molecule has 0 bridgehead atoms. The Morgan fingerprint density at radius 2 is 2.00 bits per heavy atom. The first-order chi connectivity index (χ1) is 13.8. The minimum atomic E-state index is 0.0247. The Labute approximate surface area is 167 Å². The van der Waals surface area contributed by atoms with Gasteiger partial charge < -0.3 is 14.4 Å². The third kappa shape index (κ3) is 3.24. The molecule has 1 amide bonds. The second-order valence-corrected chi connectivity index (χ2v) is 8.01. The largest absolute Gasteiger partial charge is 0.486 e. The molecule has 3 aromatic rings. The minimum absolute atomic E-state index is 0.0247. The lowest BCUT2D eigenvalue weighted by atomic mass is 10.1. The molecule has 0 radical (unpaired) electrons. The van der Waals surface area contributed by atoms with Crippen molar-refractivity contribution < 1.29 is 14.3 Å². The predicted octanol–water partition coefficient (Wildman–Crippen LogP) is 4.44. The molecule has 6 heteroatoms. The van der Waals surface area contributed by atoms with E-state index in [0.717, 1.165) is 47.0 Å². The van der Waals surface area contributed by atoms with Crippen molar-refractivity contribution in [2.45, 2.75) is 18.9 Å². The van der Waals surface area contributed by atoms with Gasteiger partial charge in [0.15, 0.2) is 11.5 Å². The zero-order chi connectivity index (χ0) is 18.9. The number of aromatic nitrogens is 1. The van der Waals surface area contributed by atoms with Crippen molar-refractivity contribution in [1.29, 1.82) is 0 Å². The fourth-order valence-electron chi connectivity index (χ4n) is 3.75. The third-order valence-corrected chi connectivity index (χ3v) is 6.25. The number of fused-ring (bicyclic) bond motifs is 2. The van der Waals surface area contributed by atoms with E-state index in [2.05, 4.69) is 6.07 Å². The van der Waals surface area contributed by atoms with E-state index in [9.17, 15) is 4.79 Å². The number of thiazole rings is 1. The average Bonchev–Trinajstić information content (AvgIpc) is 3.38. The van der Waals surface area contributed by atoms with Gasteiger partial charge in [-0.1, -0.05) is 18.2 Å². The molecular formula is C22H20N2O3S. The van der Waals surface area contributed by atoms with Crippen LogP contribution in [-0.2, 0) is 4.79 Å². The van der Waals surface area contributed by atoms with Crippen LogP contribution in [0.1, 0.15) is 29.5 Å². The van der Waals surface area contributed by atoms with Gasteiger partial charge in [-0.05, 0) is 48.7 Å². The maximum atomic E-state index is 12.9. The lowest BCUT2D eigenvalue weighted by molar-refractivity contribution is -0.126. The summed E-state index contributed by atoms with van der Waals surface area (Å²) in [6, 6.07) is 13.9. The van der Waals surface area contributed by atoms with Gasteiger partial charge in [0.1, 0.15) is 18.2 Å². The number of benzene rings is 2. The van der Waals surface area contributed by atoms with Crippen LogP contribution in [0.15, 0.2) is 48.5 Å². The molecule has 2 aromatic carbocycles. The Kier molecular flexibility index (Phi) is 4.49. The number of hydrogen-bond acceptors (Lipinski definition) is 5. The third-order valence-electron chi connectivity index (χ3n) is 5.12. The number of ether oxygens (including phenoxy) is 2. The summed E-state index contributed by atoms with van der Waals surface area (Å²) in [5.41, 5.74) is 1.93. The van der Waals surface area contributed by atoms with E-state index in [1.54, 1.807) is 17.4 Å². The number of nitrogens with zero attached hydrogens (tertiary/aromatic N) is 2. The fourth-order valence-corrected chi connectivity index (χ4v) is 4.86. The summed E-state index contributed by atoms with van der Waals surface area (Å²) in [6.07, 6.45) is 5.46. The molecule has 0 saturated carbocycles. The Bertz CT molecular complexity index is 1030. The van der Waals surface area contributed by atoms with Gasteiger partial charge in [-0.2, -0.15) is 0 Å². The second-order valence-electron chi connectivity index (χ2n) is 6.95. The summed E-state index contributed by atoms with van der Waals surface area (Å²) in [6.45, 7) is 1.89. The quantitative estimate of drug-likeness (QED) is 0.618. The first kappa shape index (κ1) is 17.3. The molecule has 1 fully saturated rings. The van der Waals surface area contributed by atoms with E-state index in [1.807, 2.05) is 47.4 Å². The fraction of sp³-hybridized carbons (Fsp3) is 0.273. The average molecular weight is 392 g/mol. The molecule has 0 aliphatic carbocycles. The highest BCUT2D eigenvalue weighted by Crippen LogP contribution is 2.37. The maximum Gasteiger partial charge on any atom is 0.247 e. The lowest BCUT2D eigenvalue weighted by Crippen LogP contribution is -2.28. The van der Waals surface area contributed by atoms with E-state index in [0.29, 0.717) is 13.2 Å². The number of rotatable bonds is 3. The van der Waals surface area contributed by atoms with Gasteiger partial charge in [0.05, 0.1) is 16.3 Å². The van der Waals surface area contributed by atoms with Crippen molar-refractivity contribution in [2.75, 3.05) is 19.8 Å². The number of carbonyl (C=O) groups excluding carboxylic acids is 1. The molecule has 1 unspecified atom stereocenters. The van der Waals surface area contributed by atoms with Gasteiger partial charge in [-0.3, -0.25) is 4.79 Å². The monoisotopic (exact) mass is 392 g/mol. The van der Waals surface area contributed by atoms with Crippen LogP contribution in [0.5, 0.6) is 11.5 Å². The van der Waals surface area contributed by atoms with Gasteiger partial charge >= 0.3 is 0 Å². The van der Waals surface area contributed by atoms with Crippen molar-refractivity contribution >= 4 is 33.5 Å². The van der Waals surface area contributed by atoms with Gasteiger partial charge in [-0.25, -0.2) is 4.98 Å². The predicted molar refractivity (Wildman–Crippen MR) is 110 cm³/mol. The molecule has 5 rings (SSSR count). The maximum absolute atomic E-state index is 12.9. The Morgan fingerprint density at radius 1 is 1.14 bits per heavy atom. The van der Waals surface area contributed by atoms with E-state index in [4.69, 9.17) is 14.5 Å². The van der Waals surface area contributed by atoms with Crippen molar-refractivity contribution in [3.63, 3.8) is 0 Å². The lowest BCUT2D eigenvalue weighted by Gasteiger charge is -2.21. The van der Waals surface area contributed by atoms with E-state index in [-0.39, 0.29) is 11.9 Å². The summed E-state index contributed by atoms with van der Waals surface area (Å²) in [5, 5.41) is 1.03. The highest BCUT2D eigenvalue weighted by atomic mass is 32.1. The van der Waals surface area contributed by atoms with Crippen molar-refractivity contribution in [3.05, 3.63) is 59.1 Å². The first-order valence-electron chi connectivity index (χ1n) is 9.52. The molecular weight excluding hydrogens is 372 g/mol. The number of hydrogen-bond donors (Lipinski definition) is 0. The zero-order valence-electron chi connectivity index (χ0n) is 15.3. The molecule has 28 heavy (non-hydrogen) atoms. The number of likely N-dealkylation sites (tertiary alicyclic amines) is 1. The van der Waals surface area contributed by atoms with Crippen LogP contribution in [0.3, 0.4) is 0 Å². The van der Waals surface area contributed by atoms with Crippen molar-refractivity contribution in [1.82, 2.24) is 9.88 Å². The Hall–Kier alpha value is -2.86. The van der Waals surface area contributed by atoms with Crippen molar-refractivity contribution in [2.24, 2.45) is 0 Å². The van der Waals surface area contributed by atoms with Gasteiger partial charge in [0, 0.05) is 12.6 Å². The molecule has 2 aliphatic heterocycles. The molecule has 1 atom stereocenters. The molecule has 3 heterocycles. The van der Waals surface area contributed by atoms with Gasteiger partial charge in [-0.15, -0.1) is 11.3 Å². The number of amides is 1. The molecule has 1 aromatic heterocycles. The Balaban J connectivity index is 1.34. The summed E-state index contributed by atoms with van der Waals surface area (Å²) >= 11 is 1.69. The van der Waals surface area contributed by atoms with E-state index >= 15 is 0 Å². The van der Waals surface area contributed by atoms with E-state index < -0.39 is 0 Å². The second kappa shape index (κ2) is 7.28. The van der Waals surface area contributed by atoms with Crippen LogP contribution >= 0.6 is 11.3 Å². The summed E-state index contributed by atoms with van der Waals surface area (Å²) in [4.78, 5) is 19.6. The topological polar surface area (TPSA) is 51.7 Å². The van der Waals surface area contributed by atoms with Crippen LogP contribution < -0.4 is 9.47 Å². The van der Waals surface area contributed by atoms with Gasteiger partial charge in [0.25, 0.3) is 0 Å². The molecule has 5 nitrogen and oxygen atoms in total. The van der Waals surface area contributed by atoms with Crippen LogP contribution in [0.2, 0.25) is 0 Å². The van der Waals surface area contributed by atoms with Crippen LogP contribution in [-0.4, -0.2) is 35.5 Å². The molecule has 1 saturated heterocycles. The highest BCUT2D eigenvalue weighted by molar-refractivity contribution is 7.18. The van der Waals surface area contributed by atoms with Crippen molar-refractivity contribution in [3.8, 4) is 11.5 Å². The standard InChI is InChI=1S/C22H20N2O3S/c25-21(10-8-15-7-9-18-19(14-15)27-13-12-26-18)24-11-3-5-17(24)22-23-16-4-1-2-6-20(16)28-22/h1-2,4,6-10,14,17H,3,5,11-13H2/b10-8+. The van der Waals surface area contributed by atoms with Crippen LogP contribution in [0.4, 0.5) is 0 Å². The zero-order valence-corrected chi connectivity index (χ0v) is 16.2. The Morgan fingerprint density at radius 3 is 2.89 bits per heavy atom. The summed E-state index contributed by atoms with van der Waals surface area (Å²) < 4.78 is 12.3. The SMILES string of the molecule is O=C(/C=C/c1ccc2c(c1)OCCO2)N1CCCC1c1nc2ccccc2s1. The normalized spacial score (nSPS) is 18.9. The van der Waals surface area contributed by atoms with Gasteiger partial charge in [0.2, 0.25) is 5.91 Å². The highest BCUT2D eigenvalue weighted by Gasteiger charge is 2.31.